The van der Waals surface area contributed by atoms with Crippen molar-refractivity contribution in [2.24, 2.45) is 17.6 Å². The minimum atomic E-state index is -1.37. The van der Waals surface area contributed by atoms with Gasteiger partial charge >= 0.3 is 0 Å². The predicted molar refractivity (Wildman–Crippen MR) is 145 cm³/mol. The van der Waals surface area contributed by atoms with Gasteiger partial charge in [-0.3, -0.25) is 24.0 Å². The first-order chi connectivity index (χ1) is 18.0. The number of amides is 5. The zero-order valence-electron chi connectivity index (χ0n) is 23.5. The molecule has 1 saturated carbocycles. The summed E-state index contributed by atoms with van der Waals surface area (Å²) in [5.41, 5.74) is 4.29. The van der Waals surface area contributed by atoms with E-state index in [4.69, 9.17) is 5.73 Å². The van der Waals surface area contributed by atoms with Crippen LogP contribution in [-0.2, 0) is 24.0 Å². The van der Waals surface area contributed by atoms with E-state index in [1.165, 1.54) is 6.42 Å². The number of rotatable bonds is 8. The minimum Gasteiger partial charge on any atom is -0.354 e. The molecule has 1 heterocycles. The van der Waals surface area contributed by atoms with Crippen LogP contribution in [0, 0.1) is 11.8 Å². The molecule has 0 unspecified atom stereocenters. The Hall–Kier alpha value is -2.69. The maximum atomic E-state index is 13.5. The van der Waals surface area contributed by atoms with Crippen molar-refractivity contribution in [2.75, 3.05) is 13.1 Å². The van der Waals surface area contributed by atoms with Crippen molar-refractivity contribution in [1.82, 2.24) is 26.6 Å². The second-order valence-corrected chi connectivity index (χ2v) is 11.2. The third kappa shape index (κ3) is 9.25. The summed E-state index contributed by atoms with van der Waals surface area (Å²) in [5, 5.41) is 14.1. The maximum Gasteiger partial charge on any atom is 0.246 e. The van der Waals surface area contributed by atoms with Crippen molar-refractivity contribution in [3.63, 3.8) is 0 Å². The molecule has 5 amide bonds. The Balaban J connectivity index is 2.36. The first-order valence-corrected chi connectivity index (χ1v) is 14.2. The number of nitrogens with one attached hydrogen (secondary N) is 5. The summed E-state index contributed by atoms with van der Waals surface area (Å²) in [7, 11) is 0. The average molecular weight is 537 g/mol. The fourth-order valence-corrected chi connectivity index (χ4v) is 5.00. The smallest absolute Gasteiger partial charge is 0.246 e. The fourth-order valence-electron chi connectivity index (χ4n) is 5.00. The molecule has 4 atom stereocenters. The molecule has 0 spiro atoms. The standard InChI is InChI=1S/C27H48N6O5/c1-5-19-24(36)31-21(16-18-10-7-6-8-11-18)23(35)29-15-13-27(4,33-22(34)17(2)3)26(38)32-20(12-9-14-28)25(37)30-19/h17-21H,5-16,28H2,1-4H3,(H,29,35)(H,30,37)(H,31,36)(H,32,38)(H,33,34)/t19-,20-,21+,27+/m0/s1. The van der Waals surface area contributed by atoms with Crippen molar-refractivity contribution in [3.8, 4) is 0 Å². The van der Waals surface area contributed by atoms with Crippen LogP contribution in [-0.4, -0.2) is 66.3 Å². The Morgan fingerprint density at radius 1 is 0.974 bits per heavy atom. The highest BCUT2D eigenvalue weighted by Crippen LogP contribution is 2.27. The predicted octanol–water partition coefficient (Wildman–Crippen LogP) is 0.611. The highest BCUT2D eigenvalue weighted by molar-refractivity contribution is 5.97. The van der Waals surface area contributed by atoms with Gasteiger partial charge < -0.3 is 32.3 Å². The van der Waals surface area contributed by atoms with Crippen molar-refractivity contribution < 1.29 is 24.0 Å². The molecule has 2 rings (SSSR count). The van der Waals surface area contributed by atoms with Gasteiger partial charge in [-0.25, -0.2) is 0 Å². The van der Waals surface area contributed by atoms with Crippen LogP contribution in [0.2, 0.25) is 0 Å². The van der Waals surface area contributed by atoms with Crippen molar-refractivity contribution in [2.45, 2.75) is 116 Å². The summed E-state index contributed by atoms with van der Waals surface area (Å²) in [5.74, 6) is -2.14. The quantitative estimate of drug-likeness (QED) is 0.265. The average Bonchev–Trinajstić information content (AvgIpc) is 2.88. The second-order valence-electron chi connectivity index (χ2n) is 11.2. The number of hydrogen-bond acceptors (Lipinski definition) is 6. The molecule has 0 aromatic rings. The van der Waals surface area contributed by atoms with E-state index in [0.717, 1.165) is 25.7 Å². The Morgan fingerprint density at radius 2 is 1.61 bits per heavy atom. The molecule has 7 N–H and O–H groups in total. The van der Waals surface area contributed by atoms with Gasteiger partial charge in [0.15, 0.2) is 0 Å². The molecule has 0 bridgehead atoms. The van der Waals surface area contributed by atoms with Gasteiger partial charge in [-0.2, -0.15) is 0 Å². The molecule has 2 aliphatic rings. The molecule has 1 aliphatic carbocycles. The monoisotopic (exact) mass is 536 g/mol. The van der Waals surface area contributed by atoms with Crippen LogP contribution in [0.3, 0.4) is 0 Å². The Labute approximate surface area is 226 Å². The number of carbonyl (C=O) groups is 5. The van der Waals surface area contributed by atoms with Gasteiger partial charge in [0.25, 0.3) is 0 Å². The SMILES string of the molecule is CC[C@@H]1NC(=O)[C@H](CCCN)NC(=O)[C@](C)(NC(=O)C(C)C)CCNC(=O)[C@@H](CC2CCCCC2)NC1=O. The third-order valence-electron chi connectivity index (χ3n) is 7.64. The lowest BCUT2D eigenvalue weighted by Crippen LogP contribution is -2.63. The molecule has 0 aromatic heterocycles. The van der Waals surface area contributed by atoms with Gasteiger partial charge in [0.2, 0.25) is 29.5 Å². The summed E-state index contributed by atoms with van der Waals surface area (Å²) in [6.45, 7) is 7.25. The van der Waals surface area contributed by atoms with Crippen LogP contribution in [0.25, 0.3) is 0 Å². The topological polar surface area (TPSA) is 172 Å². The van der Waals surface area contributed by atoms with Gasteiger partial charge in [0.1, 0.15) is 23.7 Å². The van der Waals surface area contributed by atoms with E-state index in [2.05, 4.69) is 26.6 Å². The van der Waals surface area contributed by atoms with E-state index in [1.807, 2.05) is 0 Å². The Bertz CT molecular complexity index is 844. The number of carbonyl (C=O) groups excluding carboxylic acids is 5. The molecule has 38 heavy (non-hydrogen) atoms. The first kappa shape index (κ1) is 31.5. The summed E-state index contributed by atoms with van der Waals surface area (Å²) >= 11 is 0. The van der Waals surface area contributed by atoms with Crippen molar-refractivity contribution >= 4 is 29.5 Å². The molecule has 11 nitrogen and oxygen atoms in total. The molecule has 216 valence electrons. The summed E-state index contributed by atoms with van der Waals surface area (Å²) in [6, 6.07) is -2.55. The normalized spacial score (nSPS) is 28.5. The first-order valence-electron chi connectivity index (χ1n) is 14.2. The van der Waals surface area contributed by atoms with Gasteiger partial charge in [0.05, 0.1) is 0 Å². The number of hydrogen-bond donors (Lipinski definition) is 6. The highest BCUT2D eigenvalue weighted by Gasteiger charge is 2.39. The molecule has 0 aromatic carbocycles. The van der Waals surface area contributed by atoms with E-state index in [9.17, 15) is 24.0 Å². The van der Waals surface area contributed by atoms with E-state index in [1.54, 1.807) is 27.7 Å². The van der Waals surface area contributed by atoms with Crippen molar-refractivity contribution in [3.05, 3.63) is 0 Å². The highest BCUT2D eigenvalue weighted by atomic mass is 16.2. The van der Waals surface area contributed by atoms with Crippen LogP contribution in [0.1, 0.15) is 91.9 Å². The van der Waals surface area contributed by atoms with Gasteiger partial charge in [-0.15, -0.1) is 0 Å². The maximum absolute atomic E-state index is 13.5. The molecule has 0 radical (unpaired) electrons. The zero-order valence-corrected chi connectivity index (χ0v) is 23.5. The van der Waals surface area contributed by atoms with E-state index < -0.39 is 41.4 Å². The molecule has 2 fully saturated rings. The van der Waals surface area contributed by atoms with Crippen LogP contribution in [0.4, 0.5) is 0 Å². The lowest BCUT2D eigenvalue weighted by molar-refractivity contribution is -0.138. The van der Waals surface area contributed by atoms with E-state index in [-0.39, 0.29) is 37.1 Å². The molecule has 1 saturated heterocycles. The summed E-state index contributed by atoms with van der Waals surface area (Å²) in [4.78, 5) is 65.7. The summed E-state index contributed by atoms with van der Waals surface area (Å²) < 4.78 is 0. The zero-order chi connectivity index (χ0) is 28.3. The van der Waals surface area contributed by atoms with Gasteiger partial charge in [0, 0.05) is 12.5 Å². The second kappa shape index (κ2) is 15.0. The van der Waals surface area contributed by atoms with Crippen LogP contribution in [0.5, 0.6) is 0 Å². The molecular formula is C27H48N6O5. The van der Waals surface area contributed by atoms with Crippen molar-refractivity contribution in [1.29, 1.82) is 0 Å². The molecule has 11 heteroatoms. The Morgan fingerprint density at radius 3 is 2.21 bits per heavy atom. The van der Waals surface area contributed by atoms with Gasteiger partial charge in [-0.05, 0) is 51.5 Å². The Kier molecular flexibility index (Phi) is 12.5. The van der Waals surface area contributed by atoms with E-state index >= 15 is 0 Å². The largest absolute Gasteiger partial charge is 0.354 e. The molecule has 1 aliphatic heterocycles. The van der Waals surface area contributed by atoms with Crippen LogP contribution in [0.15, 0.2) is 0 Å². The van der Waals surface area contributed by atoms with E-state index in [0.29, 0.717) is 31.7 Å². The van der Waals surface area contributed by atoms with Crippen LogP contribution >= 0.6 is 0 Å². The fraction of sp³-hybridized carbons (Fsp3) is 0.815. The lowest BCUT2D eigenvalue weighted by atomic mass is 9.84. The molecular weight excluding hydrogens is 488 g/mol. The van der Waals surface area contributed by atoms with Crippen LogP contribution < -0.4 is 32.3 Å². The third-order valence-corrected chi connectivity index (χ3v) is 7.64. The lowest BCUT2D eigenvalue weighted by Gasteiger charge is -2.34. The van der Waals surface area contributed by atoms with Gasteiger partial charge in [-0.1, -0.05) is 52.9 Å². The minimum absolute atomic E-state index is 0.106. The summed E-state index contributed by atoms with van der Waals surface area (Å²) in [6.07, 6.45) is 7.11. The number of nitrogens with two attached hydrogens (primary N) is 1.